The molecular formula is C14H23NO6S. The molecule has 7 nitrogen and oxygen atoms in total. The zero-order valence-corrected chi connectivity index (χ0v) is 13.9. The second kappa shape index (κ2) is 7.57. The Kier molecular flexibility index (Phi) is 6.34. The molecular weight excluding hydrogens is 310 g/mol. The van der Waals surface area contributed by atoms with Crippen LogP contribution < -0.4 is 10.2 Å². The van der Waals surface area contributed by atoms with Gasteiger partial charge in [0.25, 0.3) is 5.91 Å². The minimum atomic E-state index is -3.88. The van der Waals surface area contributed by atoms with Gasteiger partial charge >= 0.3 is 0 Å². The lowest BCUT2D eigenvalue weighted by atomic mass is 10.2. The number of hydrogen-bond donors (Lipinski definition) is 1. The first-order valence-corrected chi connectivity index (χ1v) is 8.14. The standard InChI is InChI=1S/C14H21NO6S.H2/c1-5-20-10-21-11-6-8-12(9-7-11)22(17,18)14(2,3)13(16)15-19-4;/h6-9H,5,10H2,1-4H3,(H,15,16);1H. The minimum absolute atomic E-state index is 0. The smallest absolute Gasteiger partial charge is 0.264 e. The van der Waals surface area contributed by atoms with Crippen LogP contribution in [0, 0.1) is 0 Å². The highest BCUT2D eigenvalue weighted by molar-refractivity contribution is 7.93. The lowest BCUT2D eigenvalue weighted by Crippen LogP contribution is -2.47. The van der Waals surface area contributed by atoms with Gasteiger partial charge in [0.2, 0.25) is 0 Å². The highest BCUT2D eigenvalue weighted by Crippen LogP contribution is 2.27. The van der Waals surface area contributed by atoms with Gasteiger partial charge in [0.1, 0.15) is 5.75 Å². The topological polar surface area (TPSA) is 90.9 Å². The summed E-state index contributed by atoms with van der Waals surface area (Å²) in [6, 6.07) is 5.79. The average Bonchev–Trinajstić information content (AvgIpc) is 2.48. The van der Waals surface area contributed by atoms with Gasteiger partial charge in [0, 0.05) is 8.03 Å². The van der Waals surface area contributed by atoms with E-state index in [1.54, 1.807) is 0 Å². The van der Waals surface area contributed by atoms with Crippen molar-refractivity contribution in [3.63, 3.8) is 0 Å². The summed E-state index contributed by atoms with van der Waals surface area (Å²) in [4.78, 5) is 16.4. The number of benzene rings is 1. The molecule has 0 spiro atoms. The summed E-state index contributed by atoms with van der Waals surface area (Å²) in [6.07, 6.45) is 0. The number of carbonyl (C=O) groups excluding carboxylic acids is 1. The molecule has 0 saturated carbocycles. The Morgan fingerprint density at radius 3 is 2.36 bits per heavy atom. The van der Waals surface area contributed by atoms with Gasteiger partial charge in [-0.3, -0.25) is 9.63 Å². The molecule has 0 aromatic heterocycles. The molecule has 0 unspecified atom stereocenters. The highest BCUT2D eigenvalue weighted by Gasteiger charge is 2.43. The third-order valence-electron chi connectivity index (χ3n) is 3.06. The minimum Gasteiger partial charge on any atom is -0.468 e. The fourth-order valence-corrected chi connectivity index (χ4v) is 2.91. The number of ether oxygens (including phenoxy) is 2. The van der Waals surface area contributed by atoms with Crippen LogP contribution in [-0.2, 0) is 24.2 Å². The number of hydroxylamine groups is 1. The first-order chi connectivity index (χ1) is 10.3. The highest BCUT2D eigenvalue weighted by atomic mass is 32.2. The van der Waals surface area contributed by atoms with Crippen LogP contribution in [0.15, 0.2) is 29.2 Å². The molecule has 0 heterocycles. The van der Waals surface area contributed by atoms with Crippen LogP contribution in [0.25, 0.3) is 0 Å². The molecule has 1 aromatic carbocycles. The van der Waals surface area contributed by atoms with Crippen molar-refractivity contribution < 1.29 is 29.0 Å². The van der Waals surface area contributed by atoms with Crippen LogP contribution in [0.2, 0.25) is 0 Å². The van der Waals surface area contributed by atoms with Crippen molar-refractivity contribution in [3.05, 3.63) is 24.3 Å². The summed E-state index contributed by atoms with van der Waals surface area (Å²) in [6.45, 7) is 5.08. The van der Waals surface area contributed by atoms with E-state index in [0.29, 0.717) is 12.4 Å². The predicted molar refractivity (Wildman–Crippen MR) is 82.1 cm³/mol. The van der Waals surface area contributed by atoms with Gasteiger partial charge in [-0.05, 0) is 45.0 Å². The maximum absolute atomic E-state index is 12.6. The molecule has 0 radical (unpaired) electrons. The lowest BCUT2D eigenvalue weighted by Gasteiger charge is -2.23. The third kappa shape index (κ3) is 3.96. The molecule has 0 fully saturated rings. The molecule has 22 heavy (non-hydrogen) atoms. The van der Waals surface area contributed by atoms with Gasteiger partial charge in [-0.2, -0.15) is 0 Å². The summed E-state index contributed by atoms with van der Waals surface area (Å²) in [5.41, 5.74) is 2.05. The molecule has 0 saturated heterocycles. The quantitative estimate of drug-likeness (QED) is 0.441. The summed E-state index contributed by atoms with van der Waals surface area (Å²) in [7, 11) is -2.64. The SMILES string of the molecule is CCOCOc1ccc(S(=O)(=O)C(C)(C)C(=O)NOC)cc1.[HH]. The Labute approximate surface area is 131 Å². The average molecular weight is 333 g/mol. The molecule has 0 aliphatic heterocycles. The Bertz CT molecular complexity index is 600. The van der Waals surface area contributed by atoms with Crippen molar-refractivity contribution in [3.8, 4) is 5.75 Å². The second-order valence-corrected chi connectivity index (χ2v) is 7.37. The van der Waals surface area contributed by atoms with Gasteiger partial charge in [-0.25, -0.2) is 13.9 Å². The van der Waals surface area contributed by atoms with Crippen molar-refractivity contribution in [1.82, 2.24) is 5.48 Å². The van der Waals surface area contributed by atoms with Crippen molar-refractivity contribution in [2.45, 2.75) is 30.4 Å². The number of sulfone groups is 1. The second-order valence-electron chi connectivity index (χ2n) is 4.88. The molecule has 0 aliphatic carbocycles. The van der Waals surface area contributed by atoms with Gasteiger partial charge in [-0.15, -0.1) is 0 Å². The van der Waals surface area contributed by atoms with Crippen molar-refractivity contribution in [1.29, 1.82) is 0 Å². The first-order valence-electron chi connectivity index (χ1n) is 6.66. The van der Waals surface area contributed by atoms with E-state index in [0.717, 1.165) is 0 Å². The largest absolute Gasteiger partial charge is 0.468 e. The van der Waals surface area contributed by atoms with E-state index in [1.807, 2.05) is 12.4 Å². The Morgan fingerprint density at radius 2 is 1.86 bits per heavy atom. The summed E-state index contributed by atoms with van der Waals surface area (Å²) < 4.78 is 33.8. The van der Waals surface area contributed by atoms with Crippen LogP contribution in [0.5, 0.6) is 5.75 Å². The number of rotatable bonds is 8. The van der Waals surface area contributed by atoms with Crippen LogP contribution in [0.3, 0.4) is 0 Å². The van der Waals surface area contributed by atoms with Crippen LogP contribution >= 0.6 is 0 Å². The molecule has 0 atom stereocenters. The fraction of sp³-hybridized carbons (Fsp3) is 0.500. The van der Waals surface area contributed by atoms with E-state index in [2.05, 4.69) is 4.84 Å². The van der Waals surface area contributed by atoms with E-state index < -0.39 is 20.5 Å². The number of carbonyl (C=O) groups is 1. The first kappa shape index (κ1) is 18.4. The van der Waals surface area contributed by atoms with E-state index in [9.17, 15) is 13.2 Å². The van der Waals surface area contributed by atoms with Crippen LogP contribution in [0.4, 0.5) is 0 Å². The van der Waals surface area contributed by atoms with Gasteiger partial charge < -0.3 is 9.47 Å². The summed E-state index contributed by atoms with van der Waals surface area (Å²) in [5.74, 6) is -0.266. The number of amides is 1. The molecule has 1 amide bonds. The molecule has 0 bridgehead atoms. The molecule has 1 aromatic rings. The molecule has 1 N–H and O–H groups in total. The van der Waals surface area contributed by atoms with Crippen molar-refractivity contribution >= 4 is 15.7 Å². The van der Waals surface area contributed by atoms with E-state index in [-0.39, 0.29) is 13.1 Å². The zero-order valence-electron chi connectivity index (χ0n) is 13.1. The van der Waals surface area contributed by atoms with Gasteiger partial charge in [0.15, 0.2) is 21.4 Å². The Balaban J connectivity index is 0.00000484. The molecule has 0 aliphatic rings. The molecule has 1 rings (SSSR count). The monoisotopic (exact) mass is 333 g/mol. The number of hydrogen-bond acceptors (Lipinski definition) is 6. The van der Waals surface area contributed by atoms with E-state index >= 15 is 0 Å². The van der Waals surface area contributed by atoms with Crippen LogP contribution in [-0.4, -0.2) is 39.6 Å². The van der Waals surface area contributed by atoms with Crippen molar-refractivity contribution in [2.24, 2.45) is 0 Å². The molecule has 126 valence electrons. The lowest BCUT2D eigenvalue weighted by molar-refractivity contribution is -0.133. The molecule has 8 heteroatoms. The summed E-state index contributed by atoms with van der Waals surface area (Å²) >= 11 is 0. The van der Waals surface area contributed by atoms with E-state index in [4.69, 9.17) is 9.47 Å². The third-order valence-corrected chi connectivity index (χ3v) is 5.48. The van der Waals surface area contributed by atoms with Gasteiger partial charge in [0.05, 0.1) is 12.0 Å². The van der Waals surface area contributed by atoms with Gasteiger partial charge in [-0.1, -0.05) is 0 Å². The fourth-order valence-electron chi connectivity index (χ4n) is 1.54. The Morgan fingerprint density at radius 1 is 1.27 bits per heavy atom. The van der Waals surface area contributed by atoms with Crippen LogP contribution in [0.1, 0.15) is 22.2 Å². The Hall–Kier alpha value is -1.64. The van der Waals surface area contributed by atoms with E-state index in [1.165, 1.54) is 45.2 Å². The summed E-state index contributed by atoms with van der Waals surface area (Å²) in [5, 5.41) is 0. The number of nitrogens with one attached hydrogen (secondary N) is 1. The zero-order chi connectivity index (χ0) is 16.8. The van der Waals surface area contributed by atoms with Crippen molar-refractivity contribution in [2.75, 3.05) is 20.5 Å². The maximum Gasteiger partial charge on any atom is 0.264 e. The predicted octanol–water partition coefficient (Wildman–Crippen LogP) is 1.54. The normalized spacial score (nSPS) is 12.0. The maximum atomic E-state index is 12.6.